The molecule has 0 radical (unpaired) electrons. The number of hydrogen-bond donors (Lipinski definition) is 1. The first-order valence-electron chi connectivity index (χ1n) is 13.3. The van der Waals surface area contributed by atoms with Crippen molar-refractivity contribution in [2.24, 2.45) is 11.3 Å². The average Bonchev–Trinajstić information content (AvgIpc) is 2.88. The van der Waals surface area contributed by atoms with Crippen LogP contribution >= 0.6 is 0 Å². The Bertz CT molecular complexity index is 1130. The molecule has 2 aliphatic carbocycles. The lowest BCUT2D eigenvalue weighted by atomic mass is 9.60. The summed E-state index contributed by atoms with van der Waals surface area (Å²) in [5, 5.41) is 0. The van der Waals surface area contributed by atoms with Crippen LogP contribution in [0.25, 0.3) is 0 Å². The highest BCUT2D eigenvalue weighted by molar-refractivity contribution is 6.11. The number of esters is 1. The molecule has 2 heterocycles. The average molecular weight is 491 g/mol. The first-order valence-corrected chi connectivity index (χ1v) is 13.3. The number of carbonyl (C=O) groups is 2. The van der Waals surface area contributed by atoms with E-state index in [0.717, 1.165) is 24.2 Å². The Morgan fingerprint density at radius 2 is 1.69 bits per heavy atom. The number of fused-ring (bicyclic) bond motifs is 1. The SMILES string of the molecule is COC(=O)CC1CCC2(CC1)CCC(c1ccc(N3CC(C)(C)c4ncnc(N)c4C3=O)cc1)CC2. The first kappa shape index (κ1) is 24.7. The fraction of sp³-hybridized carbons (Fsp3) is 0.586. The fourth-order valence-electron chi connectivity index (χ4n) is 6.81. The van der Waals surface area contributed by atoms with Crippen molar-refractivity contribution < 1.29 is 14.3 Å². The van der Waals surface area contributed by atoms with E-state index in [0.29, 0.717) is 35.8 Å². The topological polar surface area (TPSA) is 98.4 Å². The van der Waals surface area contributed by atoms with E-state index in [1.165, 1.54) is 57.5 Å². The minimum atomic E-state index is -0.313. The highest BCUT2D eigenvalue weighted by atomic mass is 16.5. The highest BCUT2D eigenvalue weighted by Gasteiger charge is 2.41. The molecule has 0 bridgehead atoms. The summed E-state index contributed by atoms with van der Waals surface area (Å²) in [6, 6.07) is 8.56. The van der Waals surface area contributed by atoms with Gasteiger partial charge in [-0.15, -0.1) is 0 Å². The minimum absolute atomic E-state index is 0.0704. The van der Waals surface area contributed by atoms with Crippen molar-refractivity contribution in [3.05, 3.63) is 47.4 Å². The van der Waals surface area contributed by atoms with Crippen LogP contribution < -0.4 is 10.6 Å². The zero-order valence-corrected chi connectivity index (χ0v) is 21.8. The monoisotopic (exact) mass is 490 g/mol. The standard InChI is InChI=1S/C29H38N4O3/c1-28(2)17-33(27(35)24-25(28)31-18-32-26(24)30)22-6-4-20(5-7-22)21-10-14-29(15-11-21)12-8-19(9-13-29)16-23(34)36-3/h4-7,18-19,21H,8-17H2,1-3H3,(H2,30,31,32). The quantitative estimate of drug-likeness (QED) is 0.577. The summed E-state index contributed by atoms with van der Waals surface area (Å²) < 4.78 is 4.87. The van der Waals surface area contributed by atoms with E-state index < -0.39 is 0 Å². The third-order valence-electron chi connectivity index (χ3n) is 9.10. The number of carbonyl (C=O) groups excluding carboxylic acids is 2. The van der Waals surface area contributed by atoms with E-state index in [1.807, 2.05) is 4.90 Å². The normalized spacial score (nSPS) is 27.5. The molecule has 36 heavy (non-hydrogen) atoms. The van der Waals surface area contributed by atoms with Crippen molar-refractivity contribution in [2.45, 2.75) is 83.0 Å². The summed E-state index contributed by atoms with van der Waals surface area (Å²) in [4.78, 5) is 35.2. The molecule has 7 nitrogen and oxygen atoms in total. The van der Waals surface area contributed by atoms with Gasteiger partial charge in [-0.1, -0.05) is 26.0 Å². The van der Waals surface area contributed by atoms with Gasteiger partial charge in [0, 0.05) is 24.1 Å². The van der Waals surface area contributed by atoms with Crippen molar-refractivity contribution in [1.82, 2.24) is 9.97 Å². The maximum Gasteiger partial charge on any atom is 0.305 e. The summed E-state index contributed by atoms with van der Waals surface area (Å²) in [6.45, 7) is 4.73. The molecule has 2 fully saturated rings. The number of aromatic nitrogens is 2. The lowest BCUT2D eigenvalue weighted by molar-refractivity contribution is -0.142. The van der Waals surface area contributed by atoms with Gasteiger partial charge in [0.1, 0.15) is 17.7 Å². The van der Waals surface area contributed by atoms with Gasteiger partial charge in [-0.3, -0.25) is 9.59 Å². The number of nitrogens with zero attached hydrogens (tertiary/aromatic N) is 3. The van der Waals surface area contributed by atoms with Gasteiger partial charge in [0.2, 0.25) is 0 Å². The molecule has 2 aromatic rings. The molecule has 1 aliphatic heterocycles. The van der Waals surface area contributed by atoms with Gasteiger partial charge in [0.15, 0.2) is 0 Å². The van der Waals surface area contributed by atoms with Crippen molar-refractivity contribution in [3.8, 4) is 0 Å². The molecule has 1 aromatic carbocycles. The highest BCUT2D eigenvalue weighted by Crippen LogP contribution is 2.52. The number of hydrogen-bond acceptors (Lipinski definition) is 6. The molecule has 0 saturated heterocycles. The van der Waals surface area contributed by atoms with Crippen LogP contribution in [0.3, 0.4) is 0 Å². The van der Waals surface area contributed by atoms with Crippen molar-refractivity contribution >= 4 is 23.4 Å². The molecule has 1 aromatic heterocycles. The number of nitrogens with two attached hydrogens (primary N) is 1. The first-order chi connectivity index (χ1) is 17.2. The second kappa shape index (κ2) is 9.49. The van der Waals surface area contributed by atoms with Crippen LogP contribution in [0, 0.1) is 11.3 Å². The summed E-state index contributed by atoms with van der Waals surface area (Å²) in [7, 11) is 1.48. The third-order valence-corrected chi connectivity index (χ3v) is 9.10. The predicted octanol–water partition coefficient (Wildman–Crippen LogP) is 5.39. The fourth-order valence-corrected chi connectivity index (χ4v) is 6.81. The molecule has 2 N–H and O–H groups in total. The van der Waals surface area contributed by atoms with Crippen LogP contribution in [0.2, 0.25) is 0 Å². The lowest BCUT2D eigenvalue weighted by Crippen LogP contribution is -2.48. The number of anilines is 2. The Kier molecular flexibility index (Phi) is 6.52. The maximum absolute atomic E-state index is 13.3. The number of ether oxygens (including phenoxy) is 1. The van der Waals surface area contributed by atoms with Gasteiger partial charge in [-0.05, 0) is 86.3 Å². The largest absolute Gasteiger partial charge is 0.469 e. The van der Waals surface area contributed by atoms with E-state index in [9.17, 15) is 9.59 Å². The van der Waals surface area contributed by atoms with Gasteiger partial charge in [-0.25, -0.2) is 9.97 Å². The molecule has 0 unspecified atom stereocenters. The smallest absolute Gasteiger partial charge is 0.305 e. The van der Waals surface area contributed by atoms with Gasteiger partial charge < -0.3 is 15.4 Å². The molecule has 3 aliphatic rings. The number of nitrogen functional groups attached to an aromatic ring is 1. The number of methoxy groups -OCH3 is 1. The molecule has 192 valence electrons. The zero-order valence-electron chi connectivity index (χ0n) is 21.8. The Hall–Kier alpha value is -2.96. The Balaban J connectivity index is 1.23. The van der Waals surface area contributed by atoms with Crippen molar-refractivity contribution in [3.63, 3.8) is 0 Å². The van der Waals surface area contributed by atoms with Gasteiger partial charge in [0.05, 0.1) is 12.8 Å². The van der Waals surface area contributed by atoms with Gasteiger partial charge >= 0.3 is 5.97 Å². The lowest BCUT2D eigenvalue weighted by Gasteiger charge is -2.45. The second-order valence-corrected chi connectivity index (χ2v) is 11.8. The number of benzene rings is 1. The van der Waals surface area contributed by atoms with E-state index in [2.05, 4.69) is 48.1 Å². The summed E-state index contributed by atoms with van der Waals surface area (Å²) in [5.74, 6) is 1.10. The van der Waals surface area contributed by atoms with Crippen LogP contribution in [0.1, 0.15) is 99.2 Å². The minimum Gasteiger partial charge on any atom is -0.469 e. The zero-order chi connectivity index (χ0) is 25.5. The van der Waals surface area contributed by atoms with Crippen molar-refractivity contribution in [1.29, 1.82) is 0 Å². The third kappa shape index (κ3) is 4.60. The van der Waals surface area contributed by atoms with E-state index in [-0.39, 0.29) is 23.1 Å². The van der Waals surface area contributed by atoms with E-state index in [4.69, 9.17) is 10.5 Å². The van der Waals surface area contributed by atoms with Crippen LogP contribution in [-0.4, -0.2) is 35.5 Å². The number of amides is 1. The predicted molar refractivity (Wildman–Crippen MR) is 140 cm³/mol. The molecule has 2 saturated carbocycles. The van der Waals surface area contributed by atoms with Crippen molar-refractivity contribution in [2.75, 3.05) is 24.3 Å². The maximum atomic E-state index is 13.3. The Labute approximate surface area is 213 Å². The van der Waals surface area contributed by atoms with Crippen LogP contribution in [0.4, 0.5) is 11.5 Å². The van der Waals surface area contributed by atoms with E-state index >= 15 is 0 Å². The molecular weight excluding hydrogens is 452 g/mol. The second-order valence-electron chi connectivity index (χ2n) is 11.8. The molecule has 7 heteroatoms. The van der Waals surface area contributed by atoms with Gasteiger partial charge in [-0.2, -0.15) is 0 Å². The number of rotatable bonds is 4. The molecular formula is C29H38N4O3. The Morgan fingerprint density at radius 3 is 2.33 bits per heavy atom. The van der Waals surface area contributed by atoms with Crippen LogP contribution in [0.15, 0.2) is 30.6 Å². The summed E-state index contributed by atoms with van der Waals surface area (Å²) >= 11 is 0. The molecule has 5 rings (SSSR count). The molecule has 1 amide bonds. The van der Waals surface area contributed by atoms with Gasteiger partial charge in [0.25, 0.3) is 5.91 Å². The Morgan fingerprint density at radius 1 is 1.06 bits per heavy atom. The van der Waals surface area contributed by atoms with Crippen LogP contribution in [0.5, 0.6) is 0 Å². The van der Waals surface area contributed by atoms with E-state index in [1.54, 1.807) is 0 Å². The molecule has 0 atom stereocenters. The summed E-state index contributed by atoms with van der Waals surface area (Å²) in [5.41, 5.74) is 9.64. The molecule has 1 spiro atoms. The summed E-state index contributed by atoms with van der Waals surface area (Å²) in [6.07, 6.45) is 11.7. The van der Waals surface area contributed by atoms with Crippen LogP contribution in [-0.2, 0) is 14.9 Å².